The first-order valence-electron chi connectivity index (χ1n) is 10.4. The van der Waals surface area contributed by atoms with Crippen LogP contribution in [0.25, 0.3) is 0 Å². The molecule has 2 N–H and O–H groups in total. The van der Waals surface area contributed by atoms with Crippen molar-refractivity contribution >= 4 is 0 Å². The van der Waals surface area contributed by atoms with E-state index in [-0.39, 0.29) is 5.48 Å². The molecule has 0 aromatic heterocycles. The number of hydrogen-bond acceptors (Lipinski definition) is 0. The van der Waals surface area contributed by atoms with Crippen molar-refractivity contribution in [2.24, 2.45) is 35.5 Å². The van der Waals surface area contributed by atoms with Gasteiger partial charge in [0.05, 0.1) is 0 Å². The molecule has 0 spiro atoms. The summed E-state index contributed by atoms with van der Waals surface area (Å²) in [5.41, 5.74) is 0. The van der Waals surface area contributed by atoms with Crippen molar-refractivity contribution in [2.75, 3.05) is 0 Å². The Hall–Kier alpha value is -0.300. The molecule has 1 heteroatoms. The first-order chi connectivity index (χ1) is 10.7. The van der Waals surface area contributed by atoms with E-state index >= 15 is 0 Å². The van der Waals surface area contributed by atoms with Gasteiger partial charge in [-0.15, -0.1) is 0 Å². The summed E-state index contributed by atoms with van der Waals surface area (Å²) in [6.07, 6.45) is 23.1. The fourth-order valence-electron chi connectivity index (χ4n) is 5.36. The van der Waals surface area contributed by atoms with Crippen molar-refractivity contribution in [3.05, 3.63) is 12.2 Å². The average molecular weight is 321 g/mol. The Labute approximate surface area is 144 Å². The summed E-state index contributed by atoms with van der Waals surface area (Å²) < 4.78 is 0. The normalized spacial score (nSPS) is 42.3. The molecule has 3 fully saturated rings. The predicted octanol–water partition coefficient (Wildman–Crippen LogP) is 6.18. The van der Waals surface area contributed by atoms with Crippen molar-refractivity contribution < 1.29 is 5.48 Å². The fraction of sp³-hybridized carbons (Fsp3) is 0.909. The lowest BCUT2D eigenvalue weighted by Crippen LogP contribution is -2.24. The zero-order valence-corrected chi connectivity index (χ0v) is 15.6. The topological polar surface area (TPSA) is 31.5 Å². The second-order valence-corrected chi connectivity index (χ2v) is 9.10. The van der Waals surface area contributed by atoms with Gasteiger partial charge in [-0.05, 0) is 86.9 Å². The molecule has 3 saturated carbocycles. The van der Waals surface area contributed by atoms with Gasteiger partial charge in [-0.25, -0.2) is 0 Å². The Kier molecular flexibility index (Phi) is 7.66. The highest BCUT2D eigenvalue weighted by Crippen LogP contribution is 2.41. The number of allylic oxidation sites excluding steroid dienone is 2. The summed E-state index contributed by atoms with van der Waals surface area (Å²) in [5.74, 6) is 5.98. The molecule has 0 radical (unpaired) electrons. The molecule has 0 amide bonds. The monoisotopic (exact) mass is 320 g/mol. The van der Waals surface area contributed by atoms with Gasteiger partial charge in [0.15, 0.2) is 0 Å². The minimum Gasteiger partial charge on any atom is -0.412 e. The van der Waals surface area contributed by atoms with Crippen LogP contribution in [0, 0.1) is 35.5 Å². The SMILES string of the molecule is CC1CCC(/C=C/C2CCC(C3CCC(C)CC3)CC2)CC1.O. The van der Waals surface area contributed by atoms with Gasteiger partial charge in [-0.3, -0.25) is 0 Å². The van der Waals surface area contributed by atoms with Crippen molar-refractivity contribution in [3.63, 3.8) is 0 Å². The molecule has 0 atom stereocenters. The van der Waals surface area contributed by atoms with Crippen LogP contribution in [-0.4, -0.2) is 5.48 Å². The molecule has 23 heavy (non-hydrogen) atoms. The van der Waals surface area contributed by atoms with E-state index in [9.17, 15) is 0 Å². The van der Waals surface area contributed by atoms with Gasteiger partial charge in [0.1, 0.15) is 0 Å². The van der Waals surface area contributed by atoms with E-state index in [0.29, 0.717) is 0 Å². The third kappa shape index (κ3) is 5.62. The van der Waals surface area contributed by atoms with Crippen molar-refractivity contribution in [3.8, 4) is 0 Å². The molecular weight excluding hydrogens is 280 g/mol. The van der Waals surface area contributed by atoms with Crippen LogP contribution in [0.5, 0.6) is 0 Å². The minimum absolute atomic E-state index is 0. The third-order valence-corrected chi connectivity index (χ3v) is 7.26. The van der Waals surface area contributed by atoms with E-state index in [4.69, 9.17) is 0 Å². The zero-order chi connectivity index (χ0) is 15.4. The van der Waals surface area contributed by atoms with Crippen molar-refractivity contribution in [1.29, 1.82) is 0 Å². The van der Waals surface area contributed by atoms with Crippen molar-refractivity contribution in [2.45, 2.75) is 90.9 Å². The van der Waals surface area contributed by atoms with E-state index in [1.165, 1.54) is 77.0 Å². The second kappa shape index (κ2) is 9.25. The number of hydrogen-bond donors (Lipinski definition) is 0. The van der Waals surface area contributed by atoms with E-state index in [0.717, 1.165) is 35.5 Å². The number of rotatable bonds is 3. The highest BCUT2D eigenvalue weighted by molar-refractivity contribution is 4.96. The molecule has 134 valence electrons. The molecule has 0 aromatic rings. The van der Waals surface area contributed by atoms with E-state index in [2.05, 4.69) is 26.0 Å². The highest BCUT2D eigenvalue weighted by atomic mass is 16.0. The van der Waals surface area contributed by atoms with E-state index in [1.807, 2.05) is 0 Å². The smallest absolute Gasteiger partial charge is 0.0233 e. The van der Waals surface area contributed by atoms with Crippen LogP contribution in [-0.2, 0) is 0 Å². The van der Waals surface area contributed by atoms with Gasteiger partial charge >= 0.3 is 0 Å². The summed E-state index contributed by atoms with van der Waals surface area (Å²) in [7, 11) is 0. The molecular formula is C22H40O. The highest BCUT2D eigenvalue weighted by Gasteiger charge is 2.29. The van der Waals surface area contributed by atoms with Crippen LogP contribution in [0.1, 0.15) is 90.9 Å². The van der Waals surface area contributed by atoms with Gasteiger partial charge in [-0.1, -0.05) is 51.7 Å². The van der Waals surface area contributed by atoms with Gasteiger partial charge in [0.2, 0.25) is 0 Å². The van der Waals surface area contributed by atoms with Crippen LogP contribution in [0.15, 0.2) is 12.2 Å². The van der Waals surface area contributed by atoms with Crippen LogP contribution in [0.4, 0.5) is 0 Å². The largest absolute Gasteiger partial charge is 0.412 e. The van der Waals surface area contributed by atoms with Gasteiger partial charge in [0.25, 0.3) is 0 Å². The van der Waals surface area contributed by atoms with Gasteiger partial charge in [0, 0.05) is 0 Å². The fourth-order valence-corrected chi connectivity index (χ4v) is 5.36. The Morgan fingerprint density at radius 2 is 0.783 bits per heavy atom. The molecule has 1 nitrogen and oxygen atoms in total. The predicted molar refractivity (Wildman–Crippen MR) is 100 cm³/mol. The summed E-state index contributed by atoms with van der Waals surface area (Å²) in [4.78, 5) is 0. The second-order valence-electron chi connectivity index (χ2n) is 9.10. The third-order valence-electron chi connectivity index (χ3n) is 7.26. The molecule has 3 aliphatic carbocycles. The lowest BCUT2D eigenvalue weighted by atomic mass is 9.69. The first kappa shape index (κ1) is 19.0. The van der Waals surface area contributed by atoms with Gasteiger partial charge in [-0.2, -0.15) is 0 Å². The summed E-state index contributed by atoms with van der Waals surface area (Å²) >= 11 is 0. The lowest BCUT2D eigenvalue weighted by molar-refractivity contribution is 0.160. The molecule has 0 aromatic carbocycles. The lowest BCUT2D eigenvalue weighted by Gasteiger charge is -2.36. The quantitative estimate of drug-likeness (QED) is 0.556. The Morgan fingerprint density at radius 3 is 1.22 bits per heavy atom. The maximum absolute atomic E-state index is 2.62. The van der Waals surface area contributed by atoms with E-state index < -0.39 is 0 Å². The zero-order valence-electron chi connectivity index (χ0n) is 15.6. The van der Waals surface area contributed by atoms with Gasteiger partial charge < -0.3 is 5.48 Å². The molecule has 3 aliphatic rings. The van der Waals surface area contributed by atoms with Crippen LogP contribution in [0.2, 0.25) is 0 Å². The summed E-state index contributed by atoms with van der Waals surface area (Å²) in [6.45, 7) is 4.87. The minimum atomic E-state index is 0. The first-order valence-corrected chi connectivity index (χ1v) is 10.4. The van der Waals surface area contributed by atoms with Crippen LogP contribution < -0.4 is 0 Å². The maximum Gasteiger partial charge on any atom is -0.0233 e. The molecule has 0 unspecified atom stereocenters. The van der Waals surface area contributed by atoms with Crippen molar-refractivity contribution in [1.82, 2.24) is 0 Å². The molecule has 0 bridgehead atoms. The van der Waals surface area contributed by atoms with Crippen LogP contribution in [0.3, 0.4) is 0 Å². The van der Waals surface area contributed by atoms with E-state index in [1.54, 1.807) is 0 Å². The standard InChI is InChI=1S/C22H38.H2O/c1-17-3-7-19(8-4-17)9-10-20-11-15-22(16-12-20)21-13-5-18(2)6-14-21;/h9-10,17-22H,3-8,11-16H2,1-2H3;1H2/b10-9+;. The Balaban J connectivity index is 0.00000192. The molecule has 0 saturated heterocycles. The molecule has 0 aliphatic heterocycles. The average Bonchev–Trinajstić information content (AvgIpc) is 2.56. The summed E-state index contributed by atoms with van der Waals surface area (Å²) in [5, 5.41) is 0. The maximum atomic E-state index is 2.62. The summed E-state index contributed by atoms with van der Waals surface area (Å²) in [6, 6.07) is 0. The Bertz CT molecular complexity index is 337. The molecule has 0 heterocycles. The Morgan fingerprint density at radius 1 is 0.478 bits per heavy atom. The van der Waals surface area contributed by atoms with Crippen LogP contribution >= 0.6 is 0 Å². The molecule has 3 rings (SSSR count).